The summed E-state index contributed by atoms with van der Waals surface area (Å²) in [6.45, 7) is 4.48. The van der Waals surface area contributed by atoms with Crippen LogP contribution in [-0.2, 0) is 11.2 Å². The summed E-state index contributed by atoms with van der Waals surface area (Å²) in [6.07, 6.45) is 10.5. The van der Waals surface area contributed by atoms with Crippen molar-refractivity contribution in [3.8, 4) is 0 Å². The quantitative estimate of drug-likeness (QED) is 0.600. The van der Waals surface area contributed by atoms with Crippen LogP contribution in [0.2, 0.25) is 0 Å². The van der Waals surface area contributed by atoms with Crippen molar-refractivity contribution in [1.29, 1.82) is 0 Å². The second-order valence-corrected chi connectivity index (χ2v) is 8.30. The lowest BCUT2D eigenvalue weighted by Crippen LogP contribution is -2.45. The van der Waals surface area contributed by atoms with E-state index < -0.39 is 0 Å². The lowest BCUT2D eigenvalue weighted by molar-refractivity contribution is -0.134. The standard InChI is InChI=1S/C22H32N6O/c1-16-6-5-12-27-14-18(25-20(16)27)9-11-24-22(23-2)26-19-10-13-28(15-19)21(29)17-7-3-4-8-17/h5-6,12,14,17,19H,3-4,7-11,13,15H2,1-2H3,(H2,23,24,26). The van der Waals surface area contributed by atoms with Crippen LogP contribution in [0.4, 0.5) is 0 Å². The number of aryl methyl sites for hydroxylation is 1. The lowest BCUT2D eigenvalue weighted by atomic mass is 10.1. The van der Waals surface area contributed by atoms with E-state index >= 15 is 0 Å². The number of nitrogens with zero attached hydrogens (tertiary/aromatic N) is 4. The number of aromatic nitrogens is 2. The fourth-order valence-electron chi connectivity index (χ4n) is 4.53. The largest absolute Gasteiger partial charge is 0.356 e. The molecule has 2 fully saturated rings. The average Bonchev–Trinajstić information content (AvgIpc) is 3.47. The average molecular weight is 397 g/mol. The fraction of sp³-hybridized carbons (Fsp3) is 0.591. The van der Waals surface area contributed by atoms with E-state index in [4.69, 9.17) is 4.98 Å². The second kappa shape index (κ2) is 8.84. The molecule has 7 nitrogen and oxygen atoms in total. The number of pyridine rings is 1. The third-order valence-electron chi connectivity index (χ3n) is 6.17. The van der Waals surface area contributed by atoms with Gasteiger partial charge in [-0.15, -0.1) is 0 Å². The smallest absolute Gasteiger partial charge is 0.225 e. The molecule has 1 aliphatic heterocycles. The van der Waals surface area contributed by atoms with Gasteiger partial charge in [-0.1, -0.05) is 18.9 Å². The molecule has 0 spiro atoms. The van der Waals surface area contributed by atoms with Crippen molar-refractivity contribution in [2.75, 3.05) is 26.7 Å². The number of nitrogens with one attached hydrogen (secondary N) is 2. The zero-order valence-electron chi connectivity index (χ0n) is 17.5. The van der Waals surface area contributed by atoms with E-state index in [9.17, 15) is 4.79 Å². The highest BCUT2D eigenvalue weighted by molar-refractivity contribution is 5.81. The first kappa shape index (κ1) is 19.7. The molecule has 1 amide bonds. The molecular formula is C22H32N6O. The highest BCUT2D eigenvalue weighted by Gasteiger charge is 2.32. The Bertz CT molecular complexity index is 883. The first-order valence-electron chi connectivity index (χ1n) is 10.8. The molecule has 4 rings (SSSR count). The van der Waals surface area contributed by atoms with Gasteiger partial charge in [-0.2, -0.15) is 0 Å². The minimum Gasteiger partial charge on any atom is -0.356 e. The van der Waals surface area contributed by atoms with Gasteiger partial charge in [-0.05, 0) is 37.8 Å². The summed E-state index contributed by atoms with van der Waals surface area (Å²) in [5, 5.41) is 6.87. The maximum absolute atomic E-state index is 12.6. The number of imidazole rings is 1. The monoisotopic (exact) mass is 396 g/mol. The van der Waals surface area contributed by atoms with Crippen molar-refractivity contribution >= 4 is 17.5 Å². The molecule has 2 aliphatic rings. The summed E-state index contributed by atoms with van der Waals surface area (Å²) in [5.74, 6) is 1.42. The molecule has 2 aromatic rings. The summed E-state index contributed by atoms with van der Waals surface area (Å²) < 4.78 is 2.08. The van der Waals surface area contributed by atoms with Gasteiger partial charge in [-0.25, -0.2) is 4.98 Å². The van der Waals surface area contributed by atoms with Crippen LogP contribution in [0.3, 0.4) is 0 Å². The number of carbonyl (C=O) groups excluding carboxylic acids is 1. The third kappa shape index (κ3) is 4.54. The van der Waals surface area contributed by atoms with Gasteiger partial charge in [-0.3, -0.25) is 9.79 Å². The zero-order valence-corrected chi connectivity index (χ0v) is 17.5. The number of hydrogen-bond acceptors (Lipinski definition) is 3. The number of fused-ring (bicyclic) bond motifs is 1. The van der Waals surface area contributed by atoms with Crippen molar-refractivity contribution in [3.05, 3.63) is 35.8 Å². The molecule has 1 saturated carbocycles. The van der Waals surface area contributed by atoms with Crippen LogP contribution in [0.1, 0.15) is 43.4 Å². The molecule has 1 aliphatic carbocycles. The predicted octanol–water partition coefficient (Wildman–Crippen LogP) is 2.14. The molecule has 0 bridgehead atoms. The van der Waals surface area contributed by atoms with Gasteiger partial charge in [0, 0.05) is 57.5 Å². The third-order valence-corrected chi connectivity index (χ3v) is 6.17. The molecular weight excluding hydrogens is 364 g/mol. The van der Waals surface area contributed by atoms with Crippen LogP contribution in [0, 0.1) is 12.8 Å². The molecule has 156 valence electrons. The summed E-state index contributed by atoms with van der Waals surface area (Å²) in [7, 11) is 1.79. The first-order chi connectivity index (χ1) is 14.1. The Balaban J connectivity index is 1.24. The first-order valence-corrected chi connectivity index (χ1v) is 10.8. The van der Waals surface area contributed by atoms with Crippen LogP contribution >= 0.6 is 0 Å². The topological polar surface area (TPSA) is 74.0 Å². The summed E-state index contributed by atoms with van der Waals surface area (Å²) in [5.41, 5.74) is 3.27. The van der Waals surface area contributed by atoms with E-state index in [1.165, 1.54) is 18.4 Å². The van der Waals surface area contributed by atoms with E-state index in [0.29, 0.717) is 5.91 Å². The number of likely N-dealkylation sites (tertiary alicyclic amines) is 1. The number of rotatable bonds is 5. The summed E-state index contributed by atoms with van der Waals surface area (Å²) >= 11 is 0. The maximum atomic E-state index is 12.6. The molecule has 29 heavy (non-hydrogen) atoms. The zero-order chi connectivity index (χ0) is 20.2. The van der Waals surface area contributed by atoms with Crippen LogP contribution in [-0.4, -0.2) is 58.9 Å². The molecule has 0 aromatic carbocycles. The van der Waals surface area contributed by atoms with Crippen molar-refractivity contribution in [2.45, 2.75) is 51.5 Å². The number of amides is 1. The molecule has 2 aromatic heterocycles. The van der Waals surface area contributed by atoms with Gasteiger partial charge in [0.1, 0.15) is 5.65 Å². The maximum Gasteiger partial charge on any atom is 0.225 e. The van der Waals surface area contributed by atoms with Crippen molar-refractivity contribution in [2.24, 2.45) is 10.9 Å². The van der Waals surface area contributed by atoms with Gasteiger partial charge in [0.25, 0.3) is 0 Å². The van der Waals surface area contributed by atoms with Gasteiger partial charge < -0.3 is 19.9 Å². The molecule has 7 heteroatoms. The van der Waals surface area contributed by atoms with Crippen molar-refractivity contribution in [3.63, 3.8) is 0 Å². The van der Waals surface area contributed by atoms with Crippen LogP contribution in [0.25, 0.3) is 5.65 Å². The van der Waals surface area contributed by atoms with E-state index in [-0.39, 0.29) is 12.0 Å². The Hall–Kier alpha value is -2.57. The van der Waals surface area contributed by atoms with Crippen molar-refractivity contribution in [1.82, 2.24) is 24.9 Å². The number of hydrogen-bond donors (Lipinski definition) is 2. The fourth-order valence-corrected chi connectivity index (χ4v) is 4.53. The molecule has 1 atom stereocenters. The van der Waals surface area contributed by atoms with Gasteiger partial charge in [0.05, 0.1) is 5.69 Å². The molecule has 3 heterocycles. The Kier molecular flexibility index (Phi) is 6.02. The van der Waals surface area contributed by atoms with Crippen molar-refractivity contribution < 1.29 is 4.79 Å². The van der Waals surface area contributed by atoms with E-state index in [0.717, 1.165) is 62.6 Å². The Labute approximate surface area is 172 Å². The minimum absolute atomic E-state index is 0.264. The lowest BCUT2D eigenvalue weighted by Gasteiger charge is -2.21. The van der Waals surface area contributed by atoms with Gasteiger partial charge in [0.2, 0.25) is 5.91 Å². The summed E-state index contributed by atoms with van der Waals surface area (Å²) in [4.78, 5) is 23.7. The number of carbonyl (C=O) groups is 1. The normalized spacial score (nSPS) is 20.6. The van der Waals surface area contributed by atoms with Gasteiger partial charge in [0.15, 0.2) is 5.96 Å². The van der Waals surface area contributed by atoms with Crippen LogP contribution in [0.15, 0.2) is 29.5 Å². The predicted molar refractivity (Wildman–Crippen MR) is 115 cm³/mol. The molecule has 0 radical (unpaired) electrons. The second-order valence-electron chi connectivity index (χ2n) is 8.30. The van der Waals surface area contributed by atoms with Gasteiger partial charge >= 0.3 is 0 Å². The Morgan fingerprint density at radius 2 is 2.14 bits per heavy atom. The SMILES string of the molecule is CN=C(NCCc1cn2cccc(C)c2n1)NC1CCN(C(=O)C2CCCC2)C1. The minimum atomic E-state index is 0.264. The molecule has 2 N–H and O–H groups in total. The van der Waals surface area contributed by atoms with E-state index in [1.807, 2.05) is 17.2 Å². The highest BCUT2D eigenvalue weighted by atomic mass is 16.2. The van der Waals surface area contributed by atoms with Crippen LogP contribution in [0.5, 0.6) is 0 Å². The number of aliphatic imine (C=N–C) groups is 1. The Morgan fingerprint density at radius 3 is 2.90 bits per heavy atom. The van der Waals surface area contributed by atoms with Crippen LogP contribution < -0.4 is 10.6 Å². The Morgan fingerprint density at radius 1 is 1.31 bits per heavy atom. The summed E-state index contributed by atoms with van der Waals surface area (Å²) in [6, 6.07) is 4.39. The van der Waals surface area contributed by atoms with E-state index in [2.05, 4.69) is 39.2 Å². The molecule has 1 saturated heterocycles. The highest BCUT2D eigenvalue weighted by Crippen LogP contribution is 2.27. The van der Waals surface area contributed by atoms with E-state index in [1.54, 1.807) is 7.05 Å². The number of guanidine groups is 1. The molecule has 1 unspecified atom stereocenters.